The number of aromatic nitrogens is 1. The number of rotatable bonds is 2. The van der Waals surface area contributed by atoms with Crippen molar-refractivity contribution in [2.24, 2.45) is 0 Å². The summed E-state index contributed by atoms with van der Waals surface area (Å²) in [6.07, 6.45) is 3.61. The molecular formula is C14H19BN4O2. The highest BCUT2D eigenvalue weighted by Gasteiger charge is 2.52. The third-order valence-electron chi connectivity index (χ3n) is 4.11. The highest BCUT2D eigenvalue weighted by Crippen LogP contribution is 2.36. The van der Waals surface area contributed by atoms with Gasteiger partial charge in [-0.25, -0.2) is 4.98 Å². The topological polar surface area (TPSA) is 58.7 Å². The molecule has 7 heteroatoms. The number of hydrogen-bond acceptors (Lipinski definition) is 6. The fourth-order valence-corrected chi connectivity index (χ4v) is 2.08. The average molecular weight is 286 g/mol. The van der Waals surface area contributed by atoms with Gasteiger partial charge in [0, 0.05) is 19.4 Å². The van der Waals surface area contributed by atoms with Crippen LogP contribution in [0.2, 0.25) is 0 Å². The standard InChI is InChI=1S/C14H19BN4O2/c1-13(2)14(3,4)21-15(20-13)10-6-7-11(16-8-10)12-9-19(5)18-17-12/h8-9,17-18H,1-5H3. The first-order valence-corrected chi connectivity index (χ1v) is 6.91. The first-order chi connectivity index (χ1) is 9.78. The fraction of sp³-hybridized carbons (Fsp3) is 0.500. The van der Waals surface area contributed by atoms with E-state index in [0.717, 1.165) is 11.2 Å². The lowest BCUT2D eigenvalue weighted by molar-refractivity contribution is 0.00578. The second-order valence-corrected chi connectivity index (χ2v) is 6.29. The van der Waals surface area contributed by atoms with Gasteiger partial charge < -0.3 is 9.31 Å². The fourth-order valence-electron chi connectivity index (χ4n) is 2.08. The summed E-state index contributed by atoms with van der Waals surface area (Å²) in [5.41, 5.74) is 7.46. The summed E-state index contributed by atoms with van der Waals surface area (Å²) in [4.78, 5) is 4.39. The van der Waals surface area contributed by atoms with Gasteiger partial charge in [0.2, 0.25) is 0 Å². The molecular weight excluding hydrogens is 267 g/mol. The molecule has 0 amide bonds. The lowest BCUT2D eigenvalue weighted by Gasteiger charge is -2.32. The van der Waals surface area contributed by atoms with Gasteiger partial charge in [0.1, 0.15) is 11.4 Å². The minimum absolute atomic E-state index is 0.369. The molecule has 0 aliphatic carbocycles. The van der Waals surface area contributed by atoms with Gasteiger partial charge in [0.05, 0.1) is 16.7 Å². The van der Waals surface area contributed by atoms with Gasteiger partial charge in [-0.2, -0.15) is 0 Å². The van der Waals surface area contributed by atoms with Crippen LogP contribution in [0, 0.1) is 12.1 Å². The number of hydrazine groups is 2. The lowest BCUT2D eigenvalue weighted by atomic mass is 9.81. The van der Waals surface area contributed by atoms with Crippen LogP contribution in [-0.2, 0) is 9.31 Å². The SMILES string of the molecule is CN1C=C(c2c#cc(B3OC(C)(C)C(C)(C)O3)cn2)NN1. The molecule has 2 aliphatic heterocycles. The van der Waals surface area contributed by atoms with Gasteiger partial charge in [-0.1, -0.05) is 6.07 Å². The molecule has 1 aromatic rings. The number of nitrogens with one attached hydrogen (secondary N) is 2. The van der Waals surface area contributed by atoms with E-state index in [1.807, 2.05) is 40.9 Å². The van der Waals surface area contributed by atoms with Crippen LogP contribution >= 0.6 is 0 Å². The van der Waals surface area contributed by atoms with Crippen LogP contribution in [0.5, 0.6) is 0 Å². The van der Waals surface area contributed by atoms with Gasteiger partial charge in [-0.3, -0.25) is 10.4 Å². The summed E-state index contributed by atoms with van der Waals surface area (Å²) >= 11 is 0. The van der Waals surface area contributed by atoms with Crippen molar-refractivity contribution in [3.63, 3.8) is 0 Å². The molecule has 1 fully saturated rings. The summed E-state index contributed by atoms with van der Waals surface area (Å²) in [6, 6.07) is 6.12. The number of nitrogens with zero attached hydrogens (tertiary/aromatic N) is 2. The summed E-state index contributed by atoms with van der Waals surface area (Å²) in [5.74, 6) is 0. The molecule has 0 unspecified atom stereocenters. The van der Waals surface area contributed by atoms with E-state index in [-0.39, 0.29) is 11.2 Å². The van der Waals surface area contributed by atoms with E-state index in [1.165, 1.54) is 0 Å². The van der Waals surface area contributed by atoms with Crippen molar-refractivity contribution in [1.82, 2.24) is 21.0 Å². The van der Waals surface area contributed by atoms with Crippen LogP contribution in [0.4, 0.5) is 0 Å². The Morgan fingerprint density at radius 1 is 1.19 bits per heavy atom. The average Bonchev–Trinajstić information content (AvgIpc) is 2.92. The maximum atomic E-state index is 5.97. The van der Waals surface area contributed by atoms with Crippen molar-refractivity contribution in [2.75, 3.05) is 7.05 Å². The van der Waals surface area contributed by atoms with Crippen LogP contribution in [0.25, 0.3) is 5.70 Å². The van der Waals surface area contributed by atoms with E-state index in [4.69, 9.17) is 9.31 Å². The molecule has 21 heavy (non-hydrogen) atoms. The van der Waals surface area contributed by atoms with Gasteiger partial charge in [0.15, 0.2) is 0 Å². The van der Waals surface area contributed by atoms with Crippen LogP contribution < -0.4 is 16.4 Å². The molecule has 0 bridgehead atoms. The molecule has 6 nitrogen and oxygen atoms in total. The monoisotopic (exact) mass is 286 g/mol. The molecule has 1 saturated heterocycles. The van der Waals surface area contributed by atoms with Crippen molar-refractivity contribution < 1.29 is 9.31 Å². The van der Waals surface area contributed by atoms with Crippen LogP contribution in [0.1, 0.15) is 33.4 Å². The van der Waals surface area contributed by atoms with E-state index in [1.54, 1.807) is 11.2 Å². The zero-order chi connectivity index (χ0) is 15.3. The zero-order valence-electron chi connectivity index (χ0n) is 12.9. The van der Waals surface area contributed by atoms with E-state index >= 15 is 0 Å². The maximum Gasteiger partial charge on any atom is 0.505 e. The zero-order valence-corrected chi connectivity index (χ0v) is 12.9. The second-order valence-electron chi connectivity index (χ2n) is 6.29. The molecule has 3 heterocycles. The Bertz CT molecular complexity index is 555. The quantitative estimate of drug-likeness (QED) is 0.759. The van der Waals surface area contributed by atoms with Crippen molar-refractivity contribution in [2.45, 2.75) is 38.9 Å². The van der Waals surface area contributed by atoms with E-state index in [9.17, 15) is 0 Å². The minimum atomic E-state index is -0.459. The Labute approximate surface area is 125 Å². The summed E-state index contributed by atoms with van der Waals surface area (Å²) in [6.45, 7) is 8.08. The molecule has 110 valence electrons. The smallest absolute Gasteiger partial charge is 0.399 e. The molecule has 3 rings (SSSR count). The first kappa shape index (κ1) is 14.2. The predicted octanol–water partition coefficient (Wildman–Crippen LogP) is 0.234. The molecule has 0 aromatic carbocycles. The molecule has 0 atom stereocenters. The highest BCUT2D eigenvalue weighted by atomic mass is 16.7. The van der Waals surface area contributed by atoms with Crippen LogP contribution in [-0.4, -0.2) is 35.4 Å². The van der Waals surface area contributed by atoms with Crippen LogP contribution in [0.3, 0.4) is 0 Å². The van der Waals surface area contributed by atoms with E-state index in [0.29, 0.717) is 5.69 Å². The minimum Gasteiger partial charge on any atom is -0.399 e. The summed E-state index contributed by atoms with van der Waals surface area (Å²) in [7, 11) is 1.43. The number of hydrogen-bond donors (Lipinski definition) is 2. The Morgan fingerprint density at radius 3 is 2.33 bits per heavy atom. The van der Waals surface area contributed by atoms with E-state index in [2.05, 4.69) is 28.1 Å². The molecule has 0 saturated carbocycles. The van der Waals surface area contributed by atoms with Crippen LogP contribution in [0.15, 0.2) is 12.4 Å². The molecule has 2 aliphatic rings. The van der Waals surface area contributed by atoms with Gasteiger partial charge in [0.25, 0.3) is 0 Å². The highest BCUT2D eigenvalue weighted by molar-refractivity contribution is 6.61. The van der Waals surface area contributed by atoms with E-state index < -0.39 is 7.12 Å². The Hall–Kier alpha value is -1.75. The molecule has 2 N–H and O–H groups in total. The van der Waals surface area contributed by atoms with Crippen molar-refractivity contribution in [3.8, 4) is 0 Å². The third kappa shape index (κ3) is 2.46. The first-order valence-electron chi connectivity index (χ1n) is 6.91. The normalized spacial score (nSPS) is 22.8. The Balaban J connectivity index is 1.78. The maximum absolute atomic E-state index is 5.97. The van der Waals surface area contributed by atoms with Crippen molar-refractivity contribution >= 4 is 18.3 Å². The van der Waals surface area contributed by atoms with Gasteiger partial charge in [-0.05, 0) is 33.8 Å². The lowest BCUT2D eigenvalue weighted by Crippen LogP contribution is -2.41. The van der Waals surface area contributed by atoms with Gasteiger partial charge >= 0.3 is 7.12 Å². The Kier molecular flexibility index (Phi) is 3.13. The van der Waals surface area contributed by atoms with Crippen molar-refractivity contribution in [3.05, 3.63) is 30.2 Å². The molecule has 0 radical (unpaired) electrons. The largest absolute Gasteiger partial charge is 0.505 e. The van der Waals surface area contributed by atoms with Crippen molar-refractivity contribution in [1.29, 1.82) is 0 Å². The molecule has 1 aromatic heterocycles. The summed E-state index contributed by atoms with van der Waals surface area (Å²) in [5, 5.41) is 1.80. The predicted molar refractivity (Wildman–Crippen MR) is 79.6 cm³/mol. The van der Waals surface area contributed by atoms with Gasteiger partial charge in [-0.15, -0.1) is 5.53 Å². The third-order valence-corrected chi connectivity index (χ3v) is 4.11. The Morgan fingerprint density at radius 2 is 1.86 bits per heavy atom. The second kappa shape index (κ2) is 4.63. The molecule has 0 spiro atoms. The summed E-state index contributed by atoms with van der Waals surface area (Å²) < 4.78 is 11.9.